The lowest BCUT2D eigenvalue weighted by Crippen LogP contribution is -2.21. The lowest BCUT2D eigenvalue weighted by molar-refractivity contribution is -0.192. The van der Waals surface area contributed by atoms with Crippen LogP contribution in [0.1, 0.15) is 6.92 Å². The lowest BCUT2D eigenvalue weighted by Gasteiger charge is -1.93. The molecule has 0 aliphatic heterocycles. The maximum Gasteiger partial charge on any atom is 0.490 e. The van der Waals surface area contributed by atoms with Crippen molar-refractivity contribution in [3.63, 3.8) is 0 Å². The van der Waals surface area contributed by atoms with Gasteiger partial charge in [0.15, 0.2) is 0 Å². The molecule has 0 radical (unpaired) electrons. The normalized spacial score (nSPS) is 9.36. The van der Waals surface area contributed by atoms with Crippen molar-refractivity contribution in [2.45, 2.75) is 22.6 Å². The third-order valence-electron chi connectivity index (χ3n) is 1.22. The third kappa shape index (κ3) is 28.1. The molecule has 0 heterocycles. The highest BCUT2D eigenvalue weighted by molar-refractivity contribution is 7.99. The zero-order chi connectivity index (χ0) is 18.2. The largest absolute Gasteiger partial charge is 0.490 e. The van der Waals surface area contributed by atoms with Crippen LogP contribution in [0.4, 0.5) is 13.2 Å². The van der Waals surface area contributed by atoms with Gasteiger partial charge in [-0.3, -0.25) is 0 Å². The zero-order valence-corrected chi connectivity index (χ0v) is 16.1. The minimum absolute atomic E-state index is 0.222. The molecule has 0 aromatic heterocycles. The lowest BCUT2D eigenvalue weighted by atomic mass is 10.4. The number of hydrogen-bond donors (Lipinski definition) is 3. The van der Waals surface area contributed by atoms with E-state index in [4.69, 9.17) is 9.90 Å². The highest BCUT2D eigenvalue weighted by atomic mass is 32.2. The van der Waals surface area contributed by atoms with Crippen LogP contribution in [0, 0.1) is 0 Å². The molecule has 0 fully saturated rings. The molecule has 0 spiro atoms. The summed E-state index contributed by atoms with van der Waals surface area (Å²) in [7, 11) is 0. The minimum Gasteiger partial charge on any atom is -0.475 e. The van der Waals surface area contributed by atoms with E-state index in [2.05, 4.69) is 43.6 Å². The Morgan fingerprint density at radius 1 is 1.14 bits per heavy atom. The molecule has 1 aromatic carbocycles. The van der Waals surface area contributed by atoms with E-state index in [1.807, 2.05) is 37.6 Å². The SMILES string of the molecule is CC(S)S.CSC.CSc1ccccc1.O=C(O)C(F)(F)F. The summed E-state index contributed by atoms with van der Waals surface area (Å²) in [5, 5.41) is 7.12. The van der Waals surface area contributed by atoms with E-state index in [9.17, 15) is 13.2 Å². The van der Waals surface area contributed by atoms with Gasteiger partial charge in [0.1, 0.15) is 0 Å². The van der Waals surface area contributed by atoms with Crippen molar-refractivity contribution in [3.8, 4) is 0 Å². The Kier molecular flexibility index (Phi) is 21.0. The zero-order valence-electron chi connectivity index (χ0n) is 12.7. The molecule has 0 saturated heterocycles. The Bertz CT molecular complexity index is 357. The molecule has 22 heavy (non-hydrogen) atoms. The number of carboxylic acid groups (broad SMARTS) is 1. The van der Waals surface area contributed by atoms with Crippen LogP contribution in [-0.4, -0.2) is 40.6 Å². The van der Waals surface area contributed by atoms with Crippen LogP contribution in [0.15, 0.2) is 35.2 Å². The van der Waals surface area contributed by atoms with Crippen LogP contribution in [0.3, 0.4) is 0 Å². The van der Waals surface area contributed by atoms with Crippen molar-refractivity contribution in [1.82, 2.24) is 0 Å². The second kappa shape index (κ2) is 17.2. The highest BCUT2D eigenvalue weighted by Gasteiger charge is 2.38. The molecule has 1 N–H and O–H groups in total. The number of thiol groups is 2. The molecule has 0 bridgehead atoms. The van der Waals surface area contributed by atoms with Crippen LogP contribution in [0.5, 0.6) is 0 Å². The van der Waals surface area contributed by atoms with Crippen LogP contribution in [0.25, 0.3) is 0 Å². The maximum absolute atomic E-state index is 10.6. The number of hydrogen-bond acceptors (Lipinski definition) is 5. The van der Waals surface area contributed by atoms with Gasteiger partial charge in [0.2, 0.25) is 0 Å². The topological polar surface area (TPSA) is 37.3 Å². The predicted molar refractivity (Wildman–Crippen MR) is 98.8 cm³/mol. The number of benzene rings is 1. The van der Waals surface area contributed by atoms with E-state index in [-0.39, 0.29) is 4.58 Å². The van der Waals surface area contributed by atoms with Crippen molar-refractivity contribution in [1.29, 1.82) is 0 Å². The number of carboxylic acids is 1. The fourth-order valence-corrected chi connectivity index (χ4v) is 0.986. The smallest absolute Gasteiger partial charge is 0.475 e. The number of thioether (sulfide) groups is 2. The Hall–Kier alpha value is -0.120. The number of aliphatic carboxylic acids is 1. The molecule has 2 nitrogen and oxygen atoms in total. The van der Waals surface area contributed by atoms with Crippen LogP contribution in [-0.2, 0) is 4.79 Å². The number of alkyl halides is 3. The molecule has 1 rings (SSSR count). The summed E-state index contributed by atoms with van der Waals surface area (Å²) >= 11 is 11.2. The fraction of sp³-hybridized carbons (Fsp3) is 0.462. The van der Waals surface area contributed by atoms with E-state index in [0.29, 0.717) is 0 Å². The Morgan fingerprint density at radius 2 is 1.41 bits per heavy atom. The molecule has 0 aliphatic rings. The summed E-state index contributed by atoms with van der Waals surface area (Å²) in [4.78, 5) is 10.2. The Labute approximate surface area is 149 Å². The van der Waals surface area contributed by atoms with Gasteiger partial charge in [0, 0.05) is 9.48 Å². The fourth-order valence-electron chi connectivity index (χ4n) is 0.557. The summed E-state index contributed by atoms with van der Waals surface area (Å²) in [6, 6.07) is 10.3. The number of carbonyl (C=O) groups is 1. The third-order valence-corrected chi connectivity index (χ3v) is 1.96. The van der Waals surface area contributed by atoms with Gasteiger partial charge >= 0.3 is 12.1 Å². The molecule has 1 aromatic rings. The molecular formula is C13H21F3O2S4. The van der Waals surface area contributed by atoms with Crippen LogP contribution < -0.4 is 0 Å². The van der Waals surface area contributed by atoms with E-state index in [1.165, 1.54) is 4.90 Å². The monoisotopic (exact) mass is 394 g/mol. The van der Waals surface area contributed by atoms with Crippen molar-refractivity contribution in [2.24, 2.45) is 0 Å². The quantitative estimate of drug-likeness (QED) is 0.347. The predicted octanol–water partition coefficient (Wildman–Crippen LogP) is 5.21. The maximum atomic E-state index is 10.6. The molecule has 0 aliphatic carbocycles. The molecule has 0 atom stereocenters. The van der Waals surface area contributed by atoms with E-state index in [0.717, 1.165) is 0 Å². The van der Waals surface area contributed by atoms with Gasteiger partial charge in [-0.1, -0.05) is 18.2 Å². The van der Waals surface area contributed by atoms with Crippen molar-refractivity contribution in [2.75, 3.05) is 18.8 Å². The van der Waals surface area contributed by atoms with Crippen LogP contribution >= 0.6 is 48.8 Å². The average molecular weight is 395 g/mol. The second-order valence-corrected chi connectivity index (χ2v) is 7.01. The molecule has 0 unspecified atom stereocenters. The highest BCUT2D eigenvalue weighted by Crippen LogP contribution is 2.13. The van der Waals surface area contributed by atoms with E-state index in [1.54, 1.807) is 23.5 Å². The van der Waals surface area contributed by atoms with Gasteiger partial charge in [-0.2, -0.15) is 50.2 Å². The minimum atomic E-state index is -5.08. The van der Waals surface area contributed by atoms with Crippen molar-refractivity contribution < 1.29 is 23.1 Å². The Morgan fingerprint density at radius 3 is 1.55 bits per heavy atom. The van der Waals surface area contributed by atoms with Gasteiger partial charge in [0.25, 0.3) is 0 Å². The summed E-state index contributed by atoms with van der Waals surface area (Å²) in [5.74, 6) is -2.76. The Balaban J connectivity index is -0.000000236. The standard InChI is InChI=1S/C7H8S.C2HF3O2.C2H6S2.C2H6S/c1-8-7-5-3-2-4-6-7;3-2(4,5)1(6)7;1-2(3)4;1-3-2/h2-6H,1H3;(H,6,7);2-4H,1H3;1-2H3. The molecule has 9 heteroatoms. The van der Waals surface area contributed by atoms with E-state index < -0.39 is 12.1 Å². The summed E-state index contributed by atoms with van der Waals surface area (Å²) in [6.07, 6.45) is 1.08. The average Bonchev–Trinajstić information content (AvgIpc) is 2.39. The van der Waals surface area contributed by atoms with E-state index >= 15 is 0 Å². The molecular weight excluding hydrogens is 373 g/mol. The van der Waals surface area contributed by atoms with Gasteiger partial charge < -0.3 is 5.11 Å². The summed E-state index contributed by atoms with van der Waals surface area (Å²) in [5.41, 5.74) is 0. The first-order chi connectivity index (χ1) is 10.0. The van der Waals surface area contributed by atoms with Gasteiger partial charge in [0.05, 0.1) is 0 Å². The van der Waals surface area contributed by atoms with Crippen molar-refractivity contribution >= 4 is 54.8 Å². The molecule has 0 saturated carbocycles. The number of rotatable bonds is 1. The first-order valence-electron chi connectivity index (χ1n) is 5.68. The van der Waals surface area contributed by atoms with Gasteiger partial charge in [-0.15, -0.1) is 11.8 Å². The van der Waals surface area contributed by atoms with Gasteiger partial charge in [-0.25, -0.2) is 4.79 Å². The first kappa shape index (κ1) is 26.8. The second-order valence-electron chi connectivity index (χ2n) is 3.36. The van der Waals surface area contributed by atoms with Crippen LogP contribution in [0.2, 0.25) is 0 Å². The number of halogens is 3. The van der Waals surface area contributed by atoms with Crippen molar-refractivity contribution in [3.05, 3.63) is 30.3 Å². The molecule has 0 amide bonds. The molecule has 130 valence electrons. The van der Waals surface area contributed by atoms with Gasteiger partial charge in [-0.05, 0) is 37.8 Å². The summed E-state index contributed by atoms with van der Waals surface area (Å²) < 4.78 is 32.0. The summed E-state index contributed by atoms with van der Waals surface area (Å²) in [6.45, 7) is 1.90. The first-order valence-corrected chi connectivity index (χ1v) is 9.57.